The summed E-state index contributed by atoms with van der Waals surface area (Å²) in [4.78, 5) is 0. The lowest BCUT2D eigenvalue weighted by Crippen LogP contribution is -2.23. The summed E-state index contributed by atoms with van der Waals surface area (Å²) in [6.45, 7) is 3.74. The molecule has 1 aliphatic rings. The van der Waals surface area contributed by atoms with Crippen molar-refractivity contribution in [3.8, 4) is 0 Å². The number of nitrogens with zero attached hydrogens (tertiary/aromatic N) is 1. The quantitative estimate of drug-likeness (QED) is 0.898. The van der Waals surface area contributed by atoms with Crippen LogP contribution in [0, 0.1) is 5.82 Å². The van der Waals surface area contributed by atoms with Crippen LogP contribution in [-0.2, 0) is 13.0 Å². The molecule has 3 rings (SSSR count). The third kappa shape index (κ3) is 2.63. The molecule has 20 heavy (non-hydrogen) atoms. The second-order valence-corrected chi connectivity index (χ2v) is 5.51. The SMILES string of the molecule is CCNC1CCCc2cn(Cc3ccccc3F)cc21. The molecular weight excluding hydrogens is 251 g/mol. The van der Waals surface area contributed by atoms with E-state index in [1.165, 1.54) is 30.0 Å². The van der Waals surface area contributed by atoms with Gasteiger partial charge in [0.05, 0.1) is 0 Å². The molecular formula is C17H21FN2. The first-order chi connectivity index (χ1) is 9.78. The van der Waals surface area contributed by atoms with E-state index >= 15 is 0 Å². The van der Waals surface area contributed by atoms with Crippen molar-refractivity contribution in [3.05, 3.63) is 59.2 Å². The number of hydrogen-bond acceptors (Lipinski definition) is 1. The van der Waals surface area contributed by atoms with E-state index < -0.39 is 0 Å². The van der Waals surface area contributed by atoms with Crippen LogP contribution >= 0.6 is 0 Å². The molecule has 1 aromatic heterocycles. The Labute approximate surface area is 119 Å². The highest BCUT2D eigenvalue weighted by Crippen LogP contribution is 2.30. The van der Waals surface area contributed by atoms with Crippen LogP contribution in [0.25, 0.3) is 0 Å². The van der Waals surface area contributed by atoms with Gasteiger partial charge in [-0.2, -0.15) is 0 Å². The van der Waals surface area contributed by atoms with Gasteiger partial charge in [0.2, 0.25) is 0 Å². The largest absolute Gasteiger partial charge is 0.349 e. The molecule has 0 aliphatic heterocycles. The van der Waals surface area contributed by atoms with Gasteiger partial charge >= 0.3 is 0 Å². The predicted molar refractivity (Wildman–Crippen MR) is 79.3 cm³/mol. The Bertz CT molecular complexity index is 588. The maximum Gasteiger partial charge on any atom is 0.128 e. The molecule has 1 unspecified atom stereocenters. The molecule has 0 spiro atoms. The Morgan fingerprint density at radius 3 is 2.95 bits per heavy atom. The lowest BCUT2D eigenvalue weighted by molar-refractivity contribution is 0.473. The van der Waals surface area contributed by atoms with E-state index in [9.17, 15) is 4.39 Å². The summed E-state index contributed by atoms with van der Waals surface area (Å²) >= 11 is 0. The minimum atomic E-state index is -0.123. The zero-order valence-electron chi connectivity index (χ0n) is 11.9. The van der Waals surface area contributed by atoms with Gasteiger partial charge in [0.25, 0.3) is 0 Å². The number of fused-ring (bicyclic) bond motifs is 1. The van der Waals surface area contributed by atoms with Gasteiger partial charge in [-0.1, -0.05) is 25.1 Å². The Kier molecular flexibility index (Phi) is 3.88. The Balaban J connectivity index is 1.84. The lowest BCUT2D eigenvalue weighted by Gasteiger charge is -2.22. The zero-order valence-corrected chi connectivity index (χ0v) is 11.9. The van der Waals surface area contributed by atoms with Gasteiger partial charge in [-0.25, -0.2) is 4.39 Å². The minimum Gasteiger partial charge on any atom is -0.349 e. The number of rotatable bonds is 4. The average molecular weight is 272 g/mol. The molecule has 1 N–H and O–H groups in total. The fourth-order valence-corrected chi connectivity index (χ4v) is 3.12. The van der Waals surface area contributed by atoms with Crippen molar-refractivity contribution in [2.75, 3.05) is 6.54 Å². The Morgan fingerprint density at radius 2 is 2.15 bits per heavy atom. The van der Waals surface area contributed by atoms with Gasteiger partial charge in [-0.3, -0.25) is 0 Å². The van der Waals surface area contributed by atoms with E-state index in [-0.39, 0.29) is 5.82 Å². The number of aryl methyl sites for hydroxylation is 1. The van der Waals surface area contributed by atoms with Crippen LogP contribution in [0.3, 0.4) is 0 Å². The van der Waals surface area contributed by atoms with Gasteiger partial charge in [0.1, 0.15) is 5.82 Å². The number of hydrogen-bond donors (Lipinski definition) is 1. The number of benzene rings is 1. The first-order valence-electron chi connectivity index (χ1n) is 7.43. The van der Waals surface area contributed by atoms with Gasteiger partial charge in [-0.05, 0) is 43.0 Å². The highest BCUT2D eigenvalue weighted by atomic mass is 19.1. The monoisotopic (exact) mass is 272 g/mol. The second-order valence-electron chi connectivity index (χ2n) is 5.51. The van der Waals surface area contributed by atoms with Gasteiger partial charge in [-0.15, -0.1) is 0 Å². The molecule has 0 fully saturated rings. The standard InChI is InChI=1S/C17H21FN2/c1-2-19-17-9-5-7-13-10-20(12-15(13)17)11-14-6-3-4-8-16(14)18/h3-4,6,8,10,12,17,19H,2,5,7,9,11H2,1H3. The third-order valence-electron chi connectivity index (χ3n) is 4.07. The molecule has 2 nitrogen and oxygen atoms in total. The van der Waals surface area contributed by atoms with Crippen LogP contribution in [0.5, 0.6) is 0 Å². The second kappa shape index (κ2) is 5.80. The van der Waals surface area contributed by atoms with Crippen molar-refractivity contribution >= 4 is 0 Å². The van der Waals surface area contributed by atoms with Crippen molar-refractivity contribution in [1.82, 2.24) is 9.88 Å². The summed E-state index contributed by atoms with van der Waals surface area (Å²) in [5.74, 6) is -0.123. The average Bonchev–Trinajstić information content (AvgIpc) is 2.85. The summed E-state index contributed by atoms with van der Waals surface area (Å²) in [6.07, 6.45) is 7.94. The summed E-state index contributed by atoms with van der Waals surface area (Å²) in [5.41, 5.74) is 3.56. The first kappa shape index (κ1) is 13.4. The highest BCUT2D eigenvalue weighted by Gasteiger charge is 2.21. The van der Waals surface area contributed by atoms with Gasteiger partial charge < -0.3 is 9.88 Å². The van der Waals surface area contributed by atoms with Crippen molar-refractivity contribution in [2.45, 2.75) is 38.8 Å². The first-order valence-corrected chi connectivity index (χ1v) is 7.43. The molecule has 1 aromatic carbocycles. The Morgan fingerprint density at radius 1 is 1.30 bits per heavy atom. The van der Waals surface area contributed by atoms with Crippen LogP contribution in [0.4, 0.5) is 4.39 Å². The fraction of sp³-hybridized carbons (Fsp3) is 0.412. The molecule has 1 atom stereocenters. The van der Waals surface area contributed by atoms with Crippen LogP contribution in [0.15, 0.2) is 36.7 Å². The van der Waals surface area contributed by atoms with Crippen molar-refractivity contribution in [1.29, 1.82) is 0 Å². The topological polar surface area (TPSA) is 17.0 Å². The Hall–Kier alpha value is -1.61. The normalized spacial score (nSPS) is 18.0. The van der Waals surface area contributed by atoms with Gasteiger partial charge in [0, 0.05) is 30.5 Å². The van der Waals surface area contributed by atoms with Crippen molar-refractivity contribution in [2.24, 2.45) is 0 Å². The third-order valence-corrected chi connectivity index (χ3v) is 4.07. The van der Waals surface area contributed by atoms with E-state index in [4.69, 9.17) is 0 Å². The van der Waals surface area contributed by atoms with Gasteiger partial charge in [0.15, 0.2) is 0 Å². The van der Waals surface area contributed by atoms with Crippen LogP contribution < -0.4 is 5.32 Å². The highest BCUT2D eigenvalue weighted by molar-refractivity contribution is 5.31. The maximum absolute atomic E-state index is 13.7. The van der Waals surface area contributed by atoms with Crippen LogP contribution in [0.2, 0.25) is 0 Å². The van der Waals surface area contributed by atoms with Crippen molar-refractivity contribution in [3.63, 3.8) is 0 Å². The summed E-state index contributed by atoms with van der Waals surface area (Å²) in [7, 11) is 0. The summed E-state index contributed by atoms with van der Waals surface area (Å²) < 4.78 is 15.9. The molecule has 0 saturated carbocycles. The van der Waals surface area contributed by atoms with E-state index in [0.29, 0.717) is 12.6 Å². The molecule has 0 radical (unpaired) electrons. The van der Waals surface area contributed by atoms with E-state index in [1.54, 1.807) is 6.07 Å². The molecule has 1 heterocycles. The fourth-order valence-electron chi connectivity index (χ4n) is 3.12. The molecule has 2 aromatic rings. The molecule has 0 amide bonds. The smallest absolute Gasteiger partial charge is 0.128 e. The molecule has 1 aliphatic carbocycles. The van der Waals surface area contributed by atoms with Crippen molar-refractivity contribution < 1.29 is 4.39 Å². The number of halogens is 1. The number of nitrogens with one attached hydrogen (secondary N) is 1. The molecule has 0 bridgehead atoms. The zero-order chi connectivity index (χ0) is 13.9. The number of aromatic nitrogens is 1. The predicted octanol–water partition coefficient (Wildman–Crippen LogP) is 3.66. The molecule has 0 saturated heterocycles. The minimum absolute atomic E-state index is 0.123. The summed E-state index contributed by atoms with van der Waals surface area (Å²) in [5, 5.41) is 3.54. The molecule has 106 valence electrons. The van der Waals surface area contributed by atoms with E-state index in [0.717, 1.165) is 18.5 Å². The maximum atomic E-state index is 13.7. The van der Waals surface area contributed by atoms with E-state index in [1.807, 2.05) is 12.1 Å². The van der Waals surface area contributed by atoms with Crippen LogP contribution in [0.1, 0.15) is 42.5 Å². The molecule has 3 heteroatoms. The lowest BCUT2D eigenvalue weighted by atomic mass is 9.91. The summed E-state index contributed by atoms with van der Waals surface area (Å²) in [6, 6.07) is 7.48. The van der Waals surface area contributed by atoms with Crippen LogP contribution in [-0.4, -0.2) is 11.1 Å². The van der Waals surface area contributed by atoms with E-state index in [2.05, 4.69) is 29.2 Å².